The number of fused-ring (bicyclic) bond motifs is 20. The summed E-state index contributed by atoms with van der Waals surface area (Å²) in [4.78, 5) is 2.57. The predicted molar refractivity (Wildman–Crippen MR) is 290 cm³/mol. The third-order valence-corrected chi connectivity index (χ3v) is 16.2. The summed E-state index contributed by atoms with van der Waals surface area (Å²) in [6.45, 7) is 4.79. The molecule has 0 heterocycles. The van der Waals surface area contributed by atoms with Crippen LogP contribution in [0.15, 0.2) is 237 Å². The van der Waals surface area contributed by atoms with E-state index < -0.39 is 5.41 Å². The summed E-state index contributed by atoms with van der Waals surface area (Å²) < 4.78 is 0. The molecule has 0 amide bonds. The highest BCUT2D eigenvalue weighted by Gasteiger charge is 2.52. The molecule has 3 aliphatic rings. The molecule has 0 aliphatic heterocycles. The van der Waals surface area contributed by atoms with Crippen molar-refractivity contribution in [2.24, 2.45) is 0 Å². The smallest absolute Gasteiger partial charge is 0.0726 e. The van der Waals surface area contributed by atoms with Crippen LogP contribution in [-0.2, 0) is 10.8 Å². The lowest BCUT2D eigenvalue weighted by Crippen LogP contribution is -2.26. The van der Waals surface area contributed by atoms with Crippen molar-refractivity contribution in [3.8, 4) is 44.5 Å². The first-order valence-electron chi connectivity index (χ1n) is 24.3. The molecule has 0 radical (unpaired) electrons. The van der Waals surface area contributed by atoms with E-state index >= 15 is 0 Å². The van der Waals surface area contributed by atoms with Crippen LogP contribution in [0.2, 0.25) is 0 Å². The Kier molecular flexibility index (Phi) is 7.83. The average molecular weight is 876 g/mol. The molecule has 15 rings (SSSR count). The van der Waals surface area contributed by atoms with Crippen molar-refractivity contribution >= 4 is 60.2 Å². The van der Waals surface area contributed by atoms with Gasteiger partial charge in [0.2, 0.25) is 0 Å². The highest BCUT2D eigenvalue weighted by Crippen LogP contribution is 2.64. The van der Waals surface area contributed by atoms with Crippen molar-refractivity contribution in [1.29, 1.82) is 0 Å². The molecule has 0 saturated heterocycles. The van der Waals surface area contributed by atoms with Crippen molar-refractivity contribution in [1.82, 2.24) is 0 Å². The van der Waals surface area contributed by atoms with E-state index in [0.717, 1.165) is 17.1 Å². The summed E-state index contributed by atoms with van der Waals surface area (Å²) in [5, 5.41) is 10.0. The fraction of sp³-hybridized carbons (Fsp3) is 0.0588. The van der Waals surface area contributed by atoms with Crippen LogP contribution in [0.5, 0.6) is 0 Å². The Balaban J connectivity index is 1.08. The summed E-state index contributed by atoms with van der Waals surface area (Å²) >= 11 is 0. The monoisotopic (exact) mass is 875 g/mol. The van der Waals surface area contributed by atoms with Gasteiger partial charge in [0.05, 0.1) is 11.1 Å². The van der Waals surface area contributed by atoms with Crippen LogP contribution in [0.4, 0.5) is 17.1 Å². The van der Waals surface area contributed by atoms with Crippen LogP contribution < -0.4 is 4.90 Å². The van der Waals surface area contributed by atoms with E-state index in [1.54, 1.807) is 0 Å². The lowest BCUT2D eigenvalue weighted by molar-refractivity contribution is 0.660. The molecule has 0 unspecified atom stereocenters. The van der Waals surface area contributed by atoms with Crippen LogP contribution >= 0.6 is 0 Å². The van der Waals surface area contributed by atoms with Gasteiger partial charge >= 0.3 is 0 Å². The fourth-order valence-corrected chi connectivity index (χ4v) is 13.2. The molecule has 0 atom stereocenters. The second-order valence-corrected chi connectivity index (χ2v) is 19.9. The molecular weight excluding hydrogens is 831 g/mol. The second kappa shape index (κ2) is 14.0. The molecule has 1 nitrogen and oxygen atoms in total. The summed E-state index contributed by atoms with van der Waals surface area (Å²) in [5.74, 6) is 0. The standard InChI is InChI=1S/C68H45N/c1-67(2)60-27-13-9-23-52(60)56-35-32-44(38-64(56)67)57-40-59-55-26-12-16-30-63(55)68(61-28-14-10-24-53(61)54-25-11-15-29-62(54)68)65(59)41-66(57)69(45-33-31-42-17-3-4-18-43(42)37-45)46-34-36-51-49-21-6-5-19-47(49)48-20-7-8-22-50(48)58(51)39-46/h3-41H,1-2H3. The van der Waals surface area contributed by atoms with E-state index in [-0.39, 0.29) is 5.41 Å². The molecule has 69 heavy (non-hydrogen) atoms. The van der Waals surface area contributed by atoms with Gasteiger partial charge in [-0.05, 0) is 158 Å². The molecule has 1 heteroatoms. The van der Waals surface area contributed by atoms with Crippen LogP contribution in [0.3, 0.4) is 0 Å². The molecule has 0 saturated carbocycles. The third kappa shape index (κ3) is 5.14. The van der Waals surface area contributed by atoms with Crippen LogP contribution in [0.1, 0.15) is 47.2 Å². The van der Waals surface area contributed by atoms with E-state index in [0.29, 0.717) is 0 Å². The molecule has 12 aromatic carbocycles. The second-order valence-electron chi connectivity index (χ2n) is 19.9. The Morgan fingerprint density at radius 1 is 0.275 bits per heavy atom. The maximum absolute atomic E-state index is 2.59. The Bertz CT molecular complexity index is 4110. The summed E-state index contributed by atoms with van der Waals surface area (Å²) in [7, 11) is 0. The molecule has 0 N–H and O–H groups in total. The highest BCUT2D eigenvalue weighted by molar-refractivity contribution is 6.26. The quantitative estimate of drug-likeness (QED) is 0.159. The minimum absolute atomic E-state index is 0.160. The maximum atomic E-state index is 2.59. The molecule has 3 aliphatic carbocycles. The summed E-state index contributed by atoms with van der Waals surface area (Å²) in [6, 6.07) is 89.7. The Morgan fingerprint density at radius 2 is 0.739 bits per heavy atom. The first-order chi connectivity index (χ1) is 34.0. The van der Waals surface area contributed by atoms with E-state index in [2.05, 4.69) is 255 Å². The zero-order chi connectivity index (χ0) is 45.6. The SMILES string of the molecule is CC1(C)c2ccccc2-c2ccc(-c3cc4c(cc3N(c3ccc5ccccc5c3)c3ccc5c6ccccc6c6ccccc6c5c3)C3(c5ccccc5-c5ccccc53)c3ccccc3-4)cc21. The Labute approximate surface area is 402 Å². The Hall–Kier alpha value is -8.52. The van der Waals surface area contributed by atoms with Crippen molar-refractivity contribution in [3.63, 3.8) is 0 Å². The van der Waals surface area contributed by atoms with Crippen molar-refractivity contribution in [2.45, 2.75) is 24.7 Å². The molecule has 1 spiro atoms. The lowest BCUT2D eigenvalue weighted by Gasteiger charge is -2.33. The molecule has 322 valence electrons. The molecule has 12 aromatic rings. The van der Waals surface area contributed by atoms with Gasteiger partial charge in [-0.1, -0.05) is 208 Å². The third-order valence-electron chi connectivity index (χ3n) is 16.2. The maximum Gasteiger partial charge on any atom is 0.0726 e. The average Bonchev–Trinajstić information content (AvgIpc) is 3.96. The molecule has 0 aromatic heterocycles. The number of benzene rings is 12. The van der Waals surface area contributed by atoms with Gasteiger partial charge in [0, 0.05) is 22.4 Å². The minimum atomic E-state index is -0.512. The van der Waals surface area contributed by atoms with E-state index in [1.165, 1.54) is 121 Å². The van der Waals surface area contributed by atoms with Gasteiger partial charge in [-0.2, -0.15) is 0 Å². The number of nitrogens with zero attached hydrogens (tertiary/aromatic N) is 1. The van der Waals surface area contributed by atoms with Gasteiger partial charge in [-0.25, -0.2) is 0 Å². The zero-order valence-electron chi connectivity index (χ0n) is 38.5. The van der Waals surface area contributed by atoms with E-state index in [1.807, 2.05) is 0 Å². The van der Waals surface area contributed by atoms with Gasteiger partial charge in [-0.3, -0.25) is 0 Å². The topological polar surface area (TPSA) is 3.24 Å². The molecule has 0 bridgehead atoms. The van der Waals surface area contributed by atoms with E-state index in [9.17, 15) is 0 Å². The van der Waals surface area contributed by atoms with Gasteiger partial charge in [0.1, 0.15) is 0 Å². The number of hydrogen-bond donors (Lipinski definition) is 0. The van der Waals surface area contributed by atoms with Crippen molar-refractivity contribution < 1.29 is 0 Å². The van der Waals surface area contributed by atoms with Gasteiger partial charge in [-0.15, -0.1) is 0 Å². The molecular formula is C68H45N. The predicted octanol–water partition coefficient (Wildman–Crippen LogP) is 18.1. The number of hydrogen-bond acceptors (Lipinski definition) is 1. The summed E-state index contributed by atoms with van der Waals surface area (Å²) in [5.41, 5.74) is 21.1. The van der Waals surface area contributed by atoms with Crippen LogP contribution in [0.25, 0.3) is 87.6 Å². The van der Waals surface area contributed by atoms with Crippen LogP contribution in [0, 0.1) is 0 Å². The van der Waals surface area contributed by atoms with Gasteiger partial charge in [0.15, 0.2) is 0 Å². The summed E-state index contributed by atoms with van der Waals surface area (Å²) in [6.07, 6.45) is 0. The minimum Gasteiger partial charge on any atom is -0.310 e. The van der Waals surface area contributed by atoms with Crippen LogP contribution in [-0.4, -0.2) is 0 Å². The normalized spacial score (nSPS) is 14.2. The molecule has 0 fully saturated rings. The number of anilines is 3. The van der Waals surface area contributed by atoms with Crippen molar-refractivity contribution in [3.05, 3.63) is 270 Å². The van der Waals surface area contributed by atoms with Crippen molar-refractivity contribution in [2.75, 3.05) is 4.90 Å². The van der Waals surface area contributed by atoms with E-state index in [4.69, 9.17) is 0 Å². The fourth-order valence-electron chi connectivity index (χ4n) is 13.2. The zero-order valence-corrected chi connectivity index (χ0v) is 38.5. The first-order valence-corrected chi connectivity index (χ1v) is 24.3. The highest BCUT2D eigenvalue weighted by atomic mass is 15.1. The lowest BCUT2D eigenvalue weighted by atomic mass is 9.70. The number of rotatable bonds is 4. The van der Waals surface area contributed by atoms with Gasteiger partial charge in [0.25, 0.3) is 0 Å². The Morgan fingerprint density at radius 3 is 1.38 bits per heavy atom. The first kappa shape index (κ1) is 38.6. The van der Waals surface area contributed by atoms with Gasteiger partial charge < -0.3 is 4.90 Å². The largest absolute Gasteiger partial charge is 0.310 e.